The molecular formula is C20H20N2O2. The van der Waals surface area contributed by atoms with Gasteiger partial charge in [0.2, 0.25) is 11.8 Å². The molecule has 1 aliphatic carbocycles. The molecule has 4 rings (SSSR count). The minimum absolute atomic E-state index is 0.321. The van der Waals surface area contributed by atoms with E-state index in [1.807, 2.05) is 30.3 Å². The number of ether oxygens (including phenoxy) is 1. The van der Waals surface area contributed by atoms with Gasteiger partial charge in [-0.3, -0.25) is 0 Å². The van der Waals surface area contributed by atoms with E-state index in [0.717, 1.165) is 17.0 Å². The standard InChI is InChI=1S/C20H20N2O2/c1-2-5-15(6-3-1)13-23-14-19-21-22-20(24-19)18-11-9-17(10-12-18)16-7-4-8-16/h1-3,5-6,9-12,16H,4,7-8,13-14H2. The first-order valence-corrected chi connectivity index (χ1v) is 8.43. The second-order valence-electron chi connectivity index (χ2n) is 6.23. The number of rotatable bonds is 6. The first-order valence-electron chi connectivity index (χ1n) is 8.43. The SMILES string of the molecule is c1ccc(COCc2nnc(-c3ccc(C4CCC4)cc3)o2)cc1. The van der Waals surface area contributed by atoms with Crippen molar-refractivity contribution in [3.8, 4) is 11.5 Å². The summed E-state index contributed by atoms with van der Waals surface area (Å²) in [7, 11) is 0. The van der Waals surface area contributed by atoms with Crippen LogP contribution in [0.4, 0.5) is 0 Å². The van der Waals surface area contributed by atoms with E-state index in [-0.39, 0.29) is 0 Å². The summed E-state index contributed by atoms with van der Waals surface area (Å²) in [4.78, 5) is 0. The van der Waals surface area contributed by atoms with Crippen LogP contribution in [0.1, 0.15) is 42.2 Å². The van der Waals surface area contributed by atoms with Gasteiger partial charge in [-0.05, 0) is 42.0 Å². The summed E-state index contributed by atoms with van der Waals surface area (Å²) >= 11 is 0. The minimum atomic E-state index is 0.321. The molecule has 0 bridgehead atoms. The molecule has 1 heterocycles. The normalized spacial score (nSPS) is 14.5. The number of aromatic nitrogens is 2. The number of hydrogen-bond donors (Lipinski definition) is 0. The van der Waals surface area contributed by atoms with Crippen molar-refractivity contribution in [3.05, 3.63) is 71.6 Å². The van der Waals surface area contributed by atoms with Crippen LogP contribution >= 0.6 is 0 Å². The highest BCUT2D eigenvalue weighted by molar-refractivity contribution is 5.53. The molecule has 0 radical (unpaired) electrons. The molecule has 0 saturated heterocycles. The van der Waals surface area contributed by atoms with Gasteiger partial charge in [-0.25, -0.2) is 0 Å². The third kappa shape index (κ3) is 3.39. The fourth-order valence-electron chi connectivity index (χ4n) is 2.90. The summed E-state index contributed by atoms with van der Waals surface area (Å²) in [6.07, 6.45) is 3.97. The second-order valence-corrected chi connectivity index (χ2v) is 6.23. The van der Waals surface area contributed by atoms with Crippen molar-refractivity contribution in [2.45, 2.75) is 38.4 Å². The van der Waals surface area contributed by atoms with Crippen LogP contribution in [0.5, 0.6) is 0 Å². The van der Waals surface area contributed by atoms with Gasteiger partial charge in [-0.1, -0.05) is 48.9 Å². The largest absolute Gasteiger partial charge is 0.418 e. The van der Waals surface area contributed by atoms with Crippen LogP contribution in [0, 0.1) is 0 Å². The molecule has 1 aromatic heterocycles. The maximum atomic E-state index is 5.70. The van der Waals surface area contributed by atoms with Crippen LogP contribution in [0.25, 0.3) is 11.5 Å². The van der Waals surface area contributed by atoms with Gasteiger partial charge in [0.15, 0.2) is 0 Å². The molecule has 0 aliphatic heterocycles. The Hall–Kier alpha value is -2.46. The quantitative estimate of drug-likeness (QED) is 0.659. The van der Waals surface area contributed by atoms with Gasteiger partial charge in [-0.2, -0.15) is 0 Å². The summed E-state index contributed by atoms with van der Waals surface area (Å²) < 4.78 is 11.3. The Labute approximate surface area is 141 Å². The zero-order valence-corrected chi connectivity index (χ0v) is 13.5. The van der Waals surface area contributed by atoms with E-state index in [4.69, 9.17) is 9.15 Å². The van der Waals surface area contributed by atoms with E-state index >= 15 is 0 Å². The van der Waals surface area contributed by atoms with Gasteiger partial charge in [0.25, 0.3) is 0 Å². The molecule has 0 unspecified atom stereocenters. The Morgan fingerprint density at radius 2 is 1.71 bits per heavy atom. The molecule has 2 aromatic carbocycles. The molecule has 4 nitrogen and oxygen atoms in total. The molecule has 3 aromatic rings. The monoisotopic (exact) mass is 320 g/mol. The molecule has 24 heavy (non-hydrogen) atoms. The van der Waals surface area contributed by atoms with Gasteiger partial charge in [0.1, 0.15) is 6.61 Å². The predicted octanol–water partition coefficient (Wildman–Crippen LogP) is 4.72. The molecule has 1 fully saturated rings. The van der Waals surface area contributed by atoms with Crippen molar-refractivity contribution in [2.75, 3.05) is 0 Å². The number of benzene rings is 2. The molecule has 0 N–H and O–H groups in total. The summed E-state index contributed by atoms with van der Waals surface area (Å²) in [5, 5.41) is 8.19. The number of nitrogens with zero attached hydrogens (tertiary/aromatic N) is 2. The summed E-state index contributed by atoms with van der Waals surface area (Å²) in [6, 6.07) is 18.5. The van der Waals surface area contributed by atoms with E-state index in [2.05, 4.69) is 34.5 Å². The van der Waals surface area contributed by atoms with Gasteiger partial charge in [0, 0.05) is 5.56 Å². The van der Waals surface area contributed by atoms with Crippen LogP contribution in [0.2, 0.25) is 0 Å². The topological polar surface area (TPSA) is 48.2 Å². The van der Waals surface area contributed by atoms with Crippen LogP contribution < -0.4 is 0 Å². The molecule has 1 aliphatic rings. The Bertz CT molecular complexity index is 777. The van der Waals surface area contributed by atoms with Crippen LogP contribution in [0.3, 0.4) is 0 Å². The Kier molecular flexibility index (Phi) is 4.38. The second kappa shape index (κ2) is 6.97. The molecular weight excluding hydrogens is 300 g/mol. The first-order chi connectivity index (χ1) is 11.9. The zero-order chi connectivity index (χ0) is 16.2. The zero-order valence-electron chi connectivity index (χ0n) is 13.5. The third-order valence-corrected chi connectivity index (χ3v) is 4.54. The van der Waals surface area contributed by atoms with Crippen molar-refractivity contribution in [1.29, 1.82) is 0 Å². The summed E-state index contributed by atoms with van der Waals surface area (Å²) in [5.74, 6) is 1.79. The van der Waals surface area contributed by atoms with Crippen molar-refractivity contribution < 1.29 is 9.15 Å². The van der Waals surface area contributed by atoms with Gasteiger partial charge in [-0.15, -0.1) is 10.2 Å². The lowest BCUT2D eigenvalue weighted by Gasteiger charge is -2.25. The molecule has 4 heteroatoms. The van der Waals surface area contributed by atoms with Crippen molar-refractivity contribution in [2.24, 2.45) is 0 Å². The Morgan fingerprint density at radius 1 is 0.917 bits per heavy atom. The van der Waals surface area contributed by atoms with Crippen molar-refractivity contribution >= 4 is 0 Å². The van der Waals surface area contributed by atoms with Crippen LogP contribution in [-0.4, -0.2) is 10.2 Å². The van der Waals surface area contributed by atoms with Crippen molar-refractivity contribution in [1.82, 2.24) is 10.2 Å². The van der Waals surface area contributed by atoms with Gasteiger partial charge in [0.05, 0.1) is 6.61 Å². The molecule has 0 atom stereocenters. The third-order valence-electron chi connectivity index (χ3n) is 4.54. The highest BCUT2D eigenvalue weighted by Crippen LogP contribution is 2.36. The van der Waals surface area contributed by atoms with E-state index < -0.39 is 0 Å². The van der Waals surface area contributed by atoms with Gasteiger partial charge >= 0.3 is 0 Å². The predicted molar refractivity (Wildman–Crippen MR) is 91.3 cm³/mol. The summed E-state index contributed by atoms with van der Waals surface area (Å²) in [5.41, 5.74) is 3.50. The van der Waals surface area contributed by atoms with Crippen LogP contribution in [-0.2, 0) is 18.0 Å². The smallest absolute Gasteiger partial charge is 0.247 e. The fourth-order valence-corrected chi connectivity index (χ4v) is 2.90. The lowest BCUT2D eigenvalue weighted by molar-refractivity contribution is 0.0898. The maximum absolute atomic E-state index is 5.70. The number of hydrogen-bond acceptors (Lipinski definition) is 4. The summed E-state index contributed by atoms with van der Waals surface area (Å²) in [6.45, 7) is 0.858. The van der Waals surface area contributed by atoms with Gasteiger partial charge < -0.3 is 9.15 Å². The van der Waals surface area contributed by atoms with E-state index in [1.54, 1.807) is 0 Å². The van der Waals surface area contributed by atoms with E-state index in [1.165, 1.54) is 24.8 Å². The van der Waals surface area contributed by atoms with Crippen molar-refractivity contribution in [3.63, 3.8) is 0 Å². The van der Waals surface area contributed by atoms with E-state index in [9.17, 15) is 0 Å². The average molecular weight is 320 g/mol. The Morgan fingerprint density at radius 3 is 2.42 bits per heavy atom. The lowest BCUT2D eigenvalue weighted by atomic mass is 9.80. The molecule has 1 saturated carbocycles. The molecule has 0 spiro atoms. The first kappa shape index (κ1) is 15.1. The minimum Gasteiger partial charge on any atom is -0.418 e. The van der Waals surface area contributed by atoms with Crippen LogP contribution in [0.15, 0.2) is 59.0 Å². The highest BCUT2D eigenvalue weighted by atomic mass is 16.5. The molecule has 122 valence electrons. The highest BCUT2D eigenvalue weighted by Gasteiger charge is 2.19. The fraction of sp³-hybridized carbons (Fsp3) is 0.300. The molecule has 0 amide bonds. The maximum Gasteiger partial charge on any atom is 0.247 e. The van der Waals surface area contributed by atoms with E-state index in [0.29, 0.717) is 25.0 Å². The average Bonchev–Trinajstić information content (AvgIpc) is 3.04. The Balaban J connectivity index is 1.35. The lowest BCUT2D eigenvalue weighted by Crippen LogP contribution is -2.08.